The summed E-state index contributed by atoms with van der Waals surface area (Å²) in [4.78, 5) is 38.1. The number of esters is 3. The summed E-state index contributed by atoms with van der Waals surface area (Å²) < 4.78 is 16.9. The summed E-state index contributed by atoms with van der Waals surface area (Å²) in [5.74, 6) is 0.806. The third-order valence-electron chi connectivity index (χ3n) is 13.5. The normalized spacial score (nSPS) is 12.0. The quantitative estimate of drug-likeness (QED) is 0.0344. The lowest BCUT2D eigenvalue weighted by molar-refractivity contribution is -0.167. The first-order valence-corrected chi connectivity index (χ1v) is 29.2. The average molecular weight is 920 g/mol. The Labute approximate surface area is 406 Å². The second-order valence-electron chi connectivity index (χ2n) is 21.2. The lowest BCUT2D eigenvalue weighted by Crippen LogP contribution is -2.30. The van der Waals surface area contributed by atoms with Gasteiger partial charge in [-0.2, -0.15) is 0 Å². The molecule has 0 aromatic rings. The standard InChI is InChI=1S/C59H114O6/c1-6-7-8-9-10-11-12-13-14-15-16-17-18-21-24-29-34-39-44-49-57(60)63-52-56(53-64-58(61)50-45-40-35-31-26-28-33-38-43-48-55(4)5)65-59(62)51-46-41-36-30-25-22-19-20-23-27-32-37-42-47-54(2)3/h54-56H,6-53H2,1-5H3/t56-/m1/s1. The van der Waals surface area contributed by atoms with Gasteiger partial charge in [0.05, 0.1) is 0 Å². The van der Waals surface area contributed by atoms with E-state index in [2.05, 4.69) is 34.6 Å². The molecule has 0 amide bonds. The van der Waals surface area contributed by atoms with Gasteiger partial charge in [-0.05, 0) is 31.1 Å². The van der Waals surface area contributed by atoms with Gasteiger partial charge in [0.2, 0.25) is 0 Å². The van der Waals surface area contributed by atoms with E-state index < -0.39 is 6.10 Å². The number of ether oxygens (including phenoxy) is 3. The van der Waals surface area contributed by atoms with Crippen LogP contribution in [0.25, 0.3) is 0 Å². The maximum atomic E-state index is 12.8. The van der Waals surface area contributed by atoms with E-state index in [-0.39, 0.29) is 31.1 Å². The predicted octanol–water partition coefficient (Wildman–Crippen LogP) is 19.3. The van der Waals surface area contributed by atoms with Gasteiger partial charge in [-0.15, -0.1) is 0 Å². The SMILES string of the molecule is CCCCCCCCCCCCCCCCCCCCCC(=O)OC[C@H](COC(=O)CCCCCCCCCCCC(C)C)OC(=O)CCCCCCCCCCCCCCCC(C)C. The third kappa shape index (κ3) is 53.2. The molecule has 0 radical (unpaired) electrons. The fourth-order valence-corrected chi connectivity index (χ4v) is 9.05. The highest BCUT2D eigenvalue weighted by atomic mass is 16.6. The van der Waals surface area contributed by atoms with Crippen molar-refractivity contribution in [3.8, 4) is 0 Å². The summed E-state index contributed by atoms with van der Waals surface area (Å²) in [7, 11) is 0. The molecule has 0 bridgehead atoms. The molecule has 0 aromatic heterocycles. The van der Waals surface area contributed by atoms with Crippen molar-refractivity contribution >= 4 is 17.9 Å². The molecule has 0 saturated carbocycles. The molecule has 0 fully saturated rings. The fourth-order valence-electron chi connectivity index (χ4n) is 9.05. The van der Waals surface area contributed by atoms with Gasteiger partial charge in [0.15, 0.2) is 6.10 Å². The topological polar surface area (TPSA) is 78.9 Å². The Hall–Kier alpha value is -1.59. The Morgan fingerprint density at radius 2 is 0.508 bits per heavy atom. The summed E-state index contributed by atoms with van der Waals surface area (Å²) in [5.41, 5.74) is 0. The van der Waals surface area contributed by atoms with Crippen LogP contribution < -0.4 is 0 Å². The molecule has 0 heterocycles. The maximum absolute atomic E-state index is 12.8. The van der Waals surface area contributed by atoms with E-state index in [9.17, 15) is 14.4 Å². The lowest BCUT2D eigenvalue weighted by Gasteiger charge is -2.18. The van der Waals surface area contributed by atoms with Gasteiger partial charge < -0.3 is 14.2 Å². The monoisotopic (exact) mass is 919 g/mol. The number of unbranched alkanes of at least 4 members (excludes halogenated alkanes) is 38. The van der Waals surface area contributed by atoms with Gasteiger partial charge in [-0.1, -0.05) is 291 Å². The van der Waals surface area contributed by atoms with Gasteiger partial charge in [-0.25, -0.2) is 0 Å². The highest BCUT2D eigenvalue weighted by Gasteiger charge is 2.19. The second-order valence-corrected chi connectivity index (χ2v) is 21.2. The molecule has 0 aliphatic rings. The van der Waals surface area contributed by atoms with Gasteiger partial charge in [0, 0.05) is 19.3 Å². The fraction of sp³-hybridized carbons (Fsp3) is 0.949. The van der Waals surface area contributed by atoms with Crippen LogP contribution in [0.15, 0.2) is 0 Å². The van der Waals surface area contributed by atoms with E-state index in [4.69, 9.17) is 14.2 Å². The Bertz CT molecular complexity index is 993. The molecule has 65 heavy (non-hydrogen) atoms. The van der Waals surface area contributed by atoms with Crippen LogP contribution in [0.2, 0.25) is 0 Å². The minimum atomic E-state index is -0.763. The van der Waals surface area contributed by atoms with Crippen molar-refractivity contribution in [2.24, 2.45) is 11.8 Å². The maximum Gasteiger partial charge on any atom is 0.306 e. The summed E-state index contributed by atoms with van der Waals surface area (Å²) >= 11 is 0. The molecule has 6 nitrogen and oxygen atoms in total. The van der Waals surface area contributed by atoms with Crippen molar-refractivity contribution in [1.82, 2.24) is 0 Å². The van der Waals surface area contributed by atoms with Crippen molar-refractivity contribution in [2.45, 2.75) is 336 Å². The molecule has 0 N–H and O–H groups in total. The van der Waals surface area contributed by atoms with Crippen LogP contribution in [0.5, 0.6) is 0 Å². The van der Waals surface area contributed by atoms with Crippen LogP contribution in [0.3, 0.4) is 0 Å². The molecule has 386 valence electrons. The highest BCUT2D eigenvalue weighted by molar-refractivity contribution is 5.71. The first kappa shape index (κ1) is 63.4. The van der Waals surface area contributed by atoms with Crippen LogP contribution in [-0.2, 0) is 28.6 Å². The van der Waals surface area contributed by atoms with E-state index in [0.717, 1.165) is 69.6 Å². The van der Waals surface area contributed by atoms with Gasteiger partial charge in [0.25, 0.3) is 0 Å². The van der Waals surface area contributed by atoms with Crippen LogP contribution in [0.4, 0.5) is 0 Å². The molecule has 0 spiro atoms. The van der Waals surface area contributed by atoms with Crippen LogP contribution in [0.1, 0.15) is 330 Å². The summed E-state index contributed by atoms with van der Waals surface area (Å²) in [6.45, 7) is 11.4. The molecule has 6 heteroatoms. The van der Waals surface area contributed by atoms with Gasteiger partial charge in [0.1, 0.15) is 13.2 Å². The lowest BCUT2D eigenvalue weighted by atomic mass is 10.0. The molecule has 0 unspecified atom stereocenters. The molecule has 0 aliphatic carbocycles. The minimum absolute atomic E-state index is 0.0629. The van der Waals surface area contributed by atoms with E-state index in [1.165, 1.54) is 218 Å². The van der Waals surface area contributed by atoms with Gasteiger partial charge in [-0.3, -0.25) is 14.4 Å². The zero-order valence-electron chi connectivity index (χ0n) is 44.6. The Kier molecular flexibility index (Phi) is 50.5. The molecular formula is C59H114O6. The summed E-state index contributed by atoms with van der Waals surface area (Å²) in [6.07, 6.45) is 55.3. The van der Waals surface area contributed by atoms with E-state index >= 15 is 0 Å². The van der Waals surface area contributed by atoms with Crippen molar-refractivity contribution < 1.29 is 28.6 Å². The van der Waals surface area contributed by atoms with Crippen molar-refractivity contribution in [1.29, 1.82) is 0 Å². The van der Waals surface area contributed by atoms with Crippen LogP contribution in [0, 0.1) is 11.8 Å². The Balaban J connectivity index is 4.26. The molecule has 0 saturated heterocycles. The van der Waals surface area contributed by atoms with Crippen molar-refractivity contribution in [3.63, 3.8) is 0 Å². The molecule has 1 atom stereocenters. The number of carbonyl (C=O) groups excluding carboxylic acids is 3. The summed E-state index contributed by atoms with van der Waals surface area (Å²) in [6, 6.07) is 0. The average Bonchev–Trinajstić information content (AvgIpc) is 3.28. The van der Waals surface area contributed by atoms with E-state index in [1.807, 2.05) is 0 Å². The summed E-state index contributed by atoms with van der Waals surface area (Å²) in [5, 5.41) is 0. The Morgan fingerprint density at radius 3 is 0.754 bits per heavy atom. The predicted molar refractivity (Wildman–Crippen MR) is 280 cm³/mol. The van der Waals surface area contributed by atoms with Crippen LogP contribution >= 0.6 is 0 Å². The smallest absolute Gasteiger partial charge is 0.306 e. The largest absolute Gasteiger partial charge is 0.462 e. The number of hydrogen-bond acceptors (Lipinski definition) is 6. The first-order valence-electron chi connectivity index (χ1n) is 29.2. The molecule has 0 aliphatic heterocycles. The van der Waals surface area contributed by atoms with Gasteiger partial charge >= 0.3 is 17.9 Å². The van der Waals surface area contributed by atoms with Crippen molar-refractivity contribution in [3.05, 3.63) is 0 Å². The zero-order valence-corrected chi connectivity index (χ0v) is 44.6. The highest BCUT2D eigenvalue weighted by Crippen LogP contribution is 2.18. The second kappa shape index (κ2) is 51.8. The molecule has 0 rings (SSSR count). The third-order valence-corrected chi connectivity index (χ3v) is 13.5. The molecule has 0 aromatic carbocycles. The number of rotatable bonds is 53. The molecular weight excluding hydrogens is 805 g/mol. The van der Waals surface area contributed by atoms with Crippen molar-refractivity contribution in [2.75, 3.05) is 13.2 Å². The Morgan fingerprint density at radius 1 is 0.292 bits per heavy atom. The van der Waals surface area contributed by atoms with E-state index in [0.29, 0.717) is 19.3 Å². The van der Waals surface area contributed by atoms with Crippen LogP contribution in [-0.4, -0.2) is 37.2 Å². The first-order chi connectivity index (χ1) is 31.7. The zero-order chi connectivity index (χ0) is 47.5. The van der Waals surface area contributed by atoms with E-state index in [1.54, 1.807) is 0 Å². The number of carbonyl (C=O) groups is 3. The minimum Gasteiger partial charge on any atom is -0.462 e. The number of hydrogen-bond donors (Lipinski definition) is 0.